The molecule has 172 valence electrons. The van der Waals surface area contributed by atoms with Crippen molar-refractivity contribution in [2.45, 2.75) is 18.3 Å². The van der Waals surface area contributed by atoms with Crippen molar-refractivity contribution in [3.05, 3.63) is 95.0 Å². The summed E-state index contributed by atoms with van der Waals surface area (Å²) in [5, 5.41) is 13.7. The summed E-state index contributed by atoms with van der Waals surface area (Å²) in [5.74, 6) is 0.0576. The number of nitrogens with one attached hydrogen (secondary N) is 2. The monoisotopic (exact) mass is 492 g/mol. The van der Waals surface area contributed by atoms with Crippen LogP contribution in [-0.2, 0) is 16.2 Å². The molecule has 1 fully saturated rings. The molecule has 0 radical (unpaired) electrons. The minimum absolute atomic E-state index is 0.0359. The molecule has 2 amide bonds. The van der Waals surface area contributed by atoms with Crippen LogP contribution in [0, 0.1) is 0 Å². The first-order chi connectivity index (χ1) is 16.6. The number of hydrogen-bond acceptors (Lipinski definition) is 6. The van der Waals surface area contributed by atoms with Gasteiger partial charge in [-0.1, -0.05) is 71.9 Å². The maximum atomic E-state index is 12.2. The lowest BCUT2D eigenvalue weighted by molar-refractivity contribution is -0.122. The van der Waals surface area contributed by atoms with Crippen LogP contribution in [0.1, 0.15) is 17.5 Å². The summed E-state index contributed by atoms with van der Waals surface area (Å²) in [6.07, 6.45) is 1.57. The van der Waals surface area contributed by atoms with Gasteiger partial charge in [0.05, 0.1) is 11.2 Å². The Hall–Kier alpha value is -3.62. The van der Waals surface area contributed by atoms with Crippen molar-refractivity contribution in [2.24, 2.45) is 10.2 Å². The van der Waals surface area contributed by atoms with Gasteiger partial charge in [0.15, 0.2) is 5.17 Å². The first-order valence-corrected chi connectivity index (χ1v) is 11.7. The van der Waals surface area contributed by atoms with E-state index in [1.165, 1.54) is 18.0 Å². The van der Waals surface area contributed by atoms with Crippen LogP contribution in [-0.4, -0.2) is 28.4 Å². The Morgan fingerprint density at radius 3 is 2.56 bits per heavy atom. The van der Waals surface area contributed by atoms with Gasteiger partial charge >= 0.3 is 0 Å². The molecule has 1 atom stereocenters. The van der Waals surface area contributed by atoms with Gasteiger partial charge in [0.2, 0.25) is 11.8 Å². The molecule has 0 bridgehead atoms. The van der Waals surface area contributed by atoms with Crippen LogP contribution in [0.2, 0.25) is 5.02 Å². The summed E-state index contributed by atoms with van der Waals surface area (Å²) in [4.78, 5) is 24.4. The summed E-state index contributed by atoms with van der Waals surface area (Å²) >= 11 is 7.50. The van der Waals surface area contributed by atoms with Gasteiger partial charge in [-0.2, -0.15) is 5.10 Å². The molecule has 0 aromatic heterocycles. The topological polar surface area (TPSA) is 92.2 Å². The number of rotatable bonds is 8. The molecule has 0 aliphatic carbocycles. The van der Waals surface area contributed by atoms with Crippen LogP contribution in [0.5, 0.6) is 5.75 Å². The SMILES string of the molecule is O=C(C[C@@H]1S/C(=N\N=C/c2ccc(OCc3ccccc3)c(Cl)c2)NC1=O)Nc1ccccc1. The van der Waals surface area contributed by atoms with E-state index in [-0.39, 0.29) is 18.2 Å². The quantitative estimate of drug-likeness (QED) is 0.346. The number of thioether (sulfide) groups is 1. The fourth-order valence-electron chi connectivity index (χ4n) is 3.09. The van der Waals surface area contributed by atoms with E-state index >= 15 is 0 Å². The van der Waals surface area contributed by atoms with Crippen molar-refractivity contribution in [3.8, 4) is 5.75 Å². The Bertz CT molecular complexity index is 1220. The lowest BCUT2D eigenvalue weighted by Gasteiger charge is -2.08. The highest BCUT2D eigenvalue weighted by atomic mass is 35.5. The van der Waals surface area contributed by atoms with Crippen molar-refractivity contribution in [3.63, 3.8) is 0 Å². The van der Waals surface area contributed by atoms with E-state index in [9.17, 15) is 9.59 Å². The maximum Gasteiger partial charge on any atom is 0.240 e. The highest BCUT2D eigenvalue weighted by Crippen LogP contribution is 2.26. The summed E-state index contributed by atoms with van der Waals surface area (Å²) in [7, 11) is 0. The van der Waals surface area contributed by atoms with Gasteiger partial charge in [-0.05, 0) is 41.5 Å². The van der Waals surface area contributed by atoms with Crippen LogP contribution in [0.3, 0.4) is 0 Å². The van der Waals surface area contributed by atoms with Crippen LogP contribution in [0.4, 0.5) is 5.69 Å². The number of para-hydroxylation sites is 1. The molecule has 1 aliphatic heterocycles. The van der Waals surface area contributed by atoms with Gasteiger partial charge in [0.25, 0.3) is 0 Å². The van der Waals surface area contributed by atoms with Crippen LogP contribution in [0.15, 0.2) is 89.1 Å². The lowest BCUT2D eigenvalue weighted by Crippen LogP contribution is -2.28. The maximum absolute atomic E-state index is 12.2. The second-order valence-electron chi connectivity index (χ2n) is 7.33. The normalized spacial score (nSPS) is 16.6. The number of amidine groups is 1. The fourth-order valence-corrected chi connectivity index (χ4v) is 4.25. The van der Waals surface area contributed by atoms with Gasteiger partial charge in [0.1, 0.15) is 17.6 Å². The highest BCUT2D eigenvalue weighted by Gasteiger charge is 2.32. The third-order valence-electron chi connectivity index (χ3n) is 4.75. The number of carbonyl (C=O) groups excluding carboxylic acids is 2. The van der Waals surface area contributed by atoms with Crippen molar-refractivity contribution < 1.29 is 14.3 Å². The Morgan fingerprint density at radius 2 is 1.82 bits per heavy atom. The molecule has 3 aromatic carbocycles. The van der Waals surface area contributed by atoms with Crippen molar-refractivity contribution in [1.82, 2.24) is 5.32 Å². The zero-order valence-electron chi connectivity index (χ0n) is 18.0. The molecule has 4 rings (SSSR count). The molecule has 0 saturated carbocycles. The van der Waals surface area contributed by atoms with E-state index in [1.807, 2.05) is 54.6 Å². The van der Waals surface area contributed by atoms with Gasteiger partial charge in [-0.15, -0.1) is 5.10 Å². The second-order valence-corrected chi connectivity index (χ2v) is 8.93. The third kappa shape index (κ3) is 6.69. The number of amides is 2. The average molecular weight is 493 g/mol. The van der Waals surface area contributed by atoms with Crippen LogP contribution < -0.4 is 15.4 Å². The Morgan fingerprint density at radius 1 is 1.09 bits per heavy atom. The van der Waals surface area contributed by atoms with Crippen molar-refractivity contribution >= 4 is 52.2 Å². The van der Waals surface area contributed by atoms with Gasteiger partial charge < -0.3 is 15.4 Å². The molecule has 1 aliphatic rings. The van der Waals surface area contributed by atoms with Crippen LogP contribution in [0.25, 0.3) is 0 Å². The number of benzene rings is 3. The number of anilines is 1. The zero-order valence-corrected chi connectivity index (χ0v) is 19.6. The molecule has 34 heavy (non-hydrogen) atoms. The van der Waals surface area contributed by atoms with E-state index in [4.69, 9.17) is 16.3 Å². The van der Waals surface area contributed by atoms with E-state index in [2.05, 4.69) is 20.8 Å². The molecule has 3 aromatic rings. The molecule has 0 unspecified atom stereocenters. The Balaban J connectivity index is 1.29. The van der Waals surface area contributed by atoms with E-state index in [0.717, 1.165) is 11.1 Å². The predicted molar refractivity (Wildman–Crippen MR) is 136 cm³/mol. The first-order valence-electron chi connectivity index (χ1n) is 10.5. The number of hydrogen-bond donors (Lipinski definition) is 2. The van der Waals surface area contributed by atoms with Crippen LogP contribution >= 0.6 is 23.4 Å². The summed E-state index contributed by atoms with van der Waals surface area (Å²) in [5.41, 5.74) is 2.46. The van der Waals surface area contributed by atoms with E-state index < -0.39 is 5.25 Å². The van der Waals surface area contributed by atoms with E-state index in [0.29, 0.717) is 28.2 Å². The van der Waals surface area contributed by atoms with Crippen molar-refractivity contribution in [2.75, 3.05) is 5.32 Å². The molecular weight excluding hydrogens is 472 g/mol. The summed E-state index contributed by atoms with van der Waals surface area (Å²) in [6.45, 7) is 0.420. The Labute approximate surface area is 206 Å². The molecule has 9 heteroatoms. The molecule has 1 heterocycles. The molecule has 2 N–H and O–H groups in total. The molecule has 0 spiro atoms. The second kappa shape index (κ2) is 11.5. The average Bonchev–Trinajstić information content (AvgIpc) is 3.18. The third-order valence-corrected chi connectivity index (χ3v) is 6.12. The van der Waals surface area contributed by atoms with E-state index in [1.54, 1.807) is 24.3 Å². The molecular formula is C25H21ClN4O3S. The van der Waals surface area contributed by atoms with Gasteiger partial charge in [0, 0.05) is 12.1 Å². The molecule has 1 saturated heterocycles. The van der Waals surface area contributed by atoms with Gasteiger partial charge in [-0.25, -0.2) is 0 Å². The predicted octanol–water partition coefficient (Wildman–Crippen LogP) is 4.87. The lowest BCUT2D eigenvalue weighted by atomic mass is 10.2. The zero-order chi connectivity index (χ0) is 23.8. The number of carbonyl (C=O) groups is 2. The summed E-state index contributed by atoms with van der Waals surface area (Å²) < 4.78 is 5.77. The largest absolute Gasteiger partial charge is 0.487 e. The fraction of sp³-hybridized carbons (Fsp3) is 0.120. The van der Waals surface area contributed by atoms with Crippen molar-refractivity contribution in [1.29, 1.82) is 0 Å². The number of halogens is 1. The number of ether oxygens (including phenoxy) is 1. The standard InChI is InChI=1S/C25H21ClN4O3S/c26-20-13-18(11-12-21(20)33-16-17-7-3-1-4-8-17)15-27-30-25-29-24(32)22(34-25)14-23(31)28-19-9-5-2-6-10-19/h1-13,15,22H,14,16H2,(H,28,31)(H,29,30,32)/b27-15-/t22-/m0/s1. The van der Waals surface area contributed by atoms with Gasteiger partial charge in [-0.3, -0.25) is 9.59 Å². The summed E-state index contributed by atoms with van der Waals surface area (Å²) in [6, 6.07) is 24.2. The first kappa shape index (κ1) is 23.5. The molecule has 7 nitrogen and oxygen atoms in total. The Kier molecular flexibility index (Phi) is 7.95. The minimum Gasteiger partial charge on any atom is -0.487 e. The highest BCUT2D eigenvalue weighted by molar-refractivity contribution is 8.15. The minimum atomic E-state index is -0.562. The smallest absolute Gasteiger partial charge is 0.240 e. The number of nitrogens with zero attached hydrogens (tertiary/aromatic N) is 2.